The molecule has 2 heterocycles. The lowest BCUT2D eigenvalue weighted by Crippen LogP contribution is -2.31. The molecule has 0 bridgehead atoms. The molecule has 6 nitrogen and oxygen atoms in total. The summed E-state index contributed by atoms with van der Waals surface area (Å²) in [6.07, 6.45) is 3.11. The van der Waals surface area contributed by atoms with E-state index in [-0.39, 0.29) is 12.3 Å². The topological polar surface area (TPSA) is 76.3 Å². The van der Waals surface area contributed by atoms with Gasteiger partial charge in [-0.25, -0.2) is 8.42 Å². The van der Waals surface area contributed by atoms with Crippen LogP contribution in [0.3, 0.4) is 0 Å². The Morgan fingerprint density at radius 3 is 2.74 bits per heavy atom. The van der Waals surface area contributed by atoms with Crippen molar-refractivity contribution in [3.8, 4) is 0 Å². The normalized spacial score (nSPS) is 11.5. The molecule has 102 valence electrons. The van der Waals surface area contributed by atoms with Crippen LogP contribution in [0.4, 0.5) is 5.69 Å². The molecule has 0 saturated heterocycles. The zero-order valence-electron chi connectivity index (χ0n) is 10.8. The Morgan fingerprint density at radius 2 is 2.21 bits per heavy atom. The average Bonchev–Trinajstić information content (AvgIpc) is 2.82. The molecule has 0 aliphatic rings. The number of rotatable bonds is 5. The van der Waals surface area contributed by atoms with E-state index < -0.39 is 10.0 Å². The molecule has 0 amide bonds. The van der Waals surface area contributed by atoms with Crippen molar-refractivity contribution in [3.05, 3.63) is 42.0 Å². The molecule has 2 rings (SSSR count). The van der Waals surface area contributed by atoms with Gasteiger partial charge in [0.2, 0.25) is 10.0 Å². The molecule has 0 aliphatic carbocycles. The minimum atomic E-state index is -3.40. The molecular formula is C12H15N3O3S. The lowest BCUT2D eigenvalue weighted by Gasteiger charge is -2.21. The van der Waals surface area contributed by atoms with Gasteiger partial charge in [0.15, 0.2) is 5.76 Å². The fraction of sp³-hybridized carbons (Fsp3) is 0.333. The highest BCUT2D eigenvalue weighted by Gasteiger charge is 2.22. The van der Waals surface area contributed by atoms with Crippen LogP contribution in [0.2, 0.25) is 0 Å². The van der Waals surface area contributed by atoms with Gasteiger partial charge in [-0.2, -0.15) is 0 Å². The van der Waals surface area contributed by atoms with Crippen molar-refractivity contribution >= 4 is 15.7 Å². The first kappa shape index (κ1) is 13.5. The van der Waals surface area contributed by atoms with Crippen LogP contribution in [0.15, 0.2) is 35.1 Å². The summed E-state index contributed by atoms with van der Waals surface area (Å²) in [6, 6.07) is 5.11. The quantitative estimate of drug-likeness (QED) is 0.834. The molecule has 0 unspecified atom stereocenters. The third-order valence-corrected chi connectivity index (χ3v) is 4.35. The van der Waals surface area contributed by atoms with E-state index in [0.717, 1.165) is 5.69 Å². The second kappa shape index (κ2) is 5.40. The Morgan fingerprint density at radius 1 is 1.42 bits per heavy atom. The largest absolute Gasteiger partial charge is 0.359 e. The summed E-state index contributed by atoms with van der Waals surface area (Å²) < 4.78 is 30.7. The standard InChI is InChI=1S/C12H15N3O3S/c1-3-19(16,17)15(11-5-4-6-13-8-11)9-12-7-10(2)14-18-12/h4-8H,3,9H2,1-2H3. The van der Waals surface area contributed by atoms with Crippen molar-refractivity contribution in [2.75, 3.05) is 10.1 Å². The Hall–Kier alpha value is -1.89. The second-order valence-corrected chi connectivity index (χ2v) is 6.23. The fourth-order valence-corrected chi connectivity index (χ4v) is 2.70. The highest BCUT2D eigenvalue weighted by molar-refractivity contribution is 7.92. The monoisotopic (exact) mass is 281 g/mol. The molecule has 0 radical (unpaired) electrons. The maximum atomic E-state index is 12.1. The number of aromatic nitrogens is 2. The summed E-state index contributed by atoms with van der Waals surface area (Å²) in [6.45, 7) is 3.50. The molecular weight excluding hydrogens is 266 g/mol. The van der Waals surface area contributed by atoms with Crippen LogP contribution in [-0.4, -0.2) is 24.3 Å². The van der Waals surface area contributed by atoms with Crippen LogP contribution in [-0.2, 0) is 16.6 Å². The van der Waals surface area contributed by atoms with Crippen LogP contribution in [0, 0.1) is 6.92 Å². The van der Waals surface area contributed by atoms with E-state index in [1.165, 1.54) is 10.5 Å². The Kier molecular flexibility index (Phi) is 3.84. The number of pyridine rings is 1. The maximum Gasteiger partial charge on any atom is 0.235 e. The molecule has 0 atom stereocenters. The summed E-state index contributed by atoms with van der Waals surface area (Å²) in [5, 5.41) is 3.76. The van der Waals surface area contributed by atoms with Gasteiger partial charge < -0.3 is 4.52 Å². The number of aryl methyl sites for hydroxylation is 1. The highest BCUT2D eigenvalue weighted by Crippen LogP contribution is 2.20. The molecule has 0 saturated carbocycles. The van der Waals surface area contributed by atoms with Gasteiger partial charge >= 0.3 is 0 Å². The van der Waals surface area contributed by atoms with E-state index in [1.807, 2.05) is 0 Å². The van der Waals surface area contributed by atoms with Crippen molar-refractivity contribution in [1.29, 1.82) is 0 Å². The Labute approximate surface area is 112 Å². The van der Waals surface area contributed by atoms with Crippen molar-refractivity contribution in [3.63, 3.8) is 0 Å². The van der Waals surface area contributed by atoms with E-state index in [0.29, 0.717) is 11.4 Å². The SMILES string of the molecule is CCS(=O)(=O)N(Cc1cc(C)no1)c1cccnc1. The van der Waals surface area contributed by atoms with E-state index in [2.05, 4.69) is 10.1 Å². The van der Waals surface area contributed by atoms with Gasteiger partial charge in [0.05, 0.1) is 29.9 Å². The van der Waals surface area contributed by atoms with Crippen molar-refractivity contribution < 1.29 is 12.9 Å². The van der Waals surface area contributed by atoms with Gasteiger partial charge in [-0.05, 0) is 26.0 Å². The Bertz CT molecular complexity index is 637. The van der Waals surface area contributed by atoms with Gasteiger partial charge in [0.25, 0.3) is 0 Å². The summed E-state index contributed by atoms with van der Waals surface area (Å²) in [5.74, 6) is 0.507. The average molecular weight is 281 g/mol. The van der Waals surface area contributed by atoms with Gasteiger partial charge in [0, 0.05) is 12.3 Å². The minimum Gasteiger partial charge on any atom is -0.359 e. The summed E-state index contributed by atoms with van der Waals surface area (Å²) in [5.41, 5.74) is 1.23. The Balaban J connectivity index is 2.36. The van der Waals surface area contributed by atoms with Crippen LogP contribution >= 0.6 is 0 Å². The zero-order valence-corrected chi connectivity index (χ0v) is 11.6. The van der Waals surface area contributed by atoms with Crippen molar-refractivity contribution in [2.45, 2.75) is 20.4 Å². The third-order valence-electron chi connectivity index (χ3n) is 2.61. The van der Waals surface area contributed by atoms with Crippen LogP contribution in [0.1, 0.15) is 18.4 Å². The van der Waals surface area contributed by atoms with E-state index in [4.69, 9.17) is 4.52 Å². The van der Waals surface area contributed by atoms with Crippen molar-refractivity contribution in [2.24, 2.45) is 0 Å². The van der Waals surface area contributed by atoms with E-state index in [1.54, 1.807) is 38.2 Å². The molecule has 0 spiro atoms. The van der Waals surface area contributed by atoms with Crippen LogP contribution in [0.5, 0.6) is 0 Å². The maximum absolute atomic E-state index is 12.1. The number of hydrogen-bond acceptors (Lipinski definition) is 5. The first-order chi connectivity index (χ1) is 9.03. The molecule has 19 heavy (non-hydrogen) atoms. The molecule has 0 fully saturated rings. The van der Waals surface area contributed by atoms with Crippen LogP contribution < -0.4 is 4.31 Å². The van der Waals surface area contributed by atoms with Gasteiger partial charge in [0.1, 0.15) is 0 Å². The molecule has 7 heteroatoms. The number of hydrogen-bond donors (Lipinski definition) is 0. The summed E-state index contributed by atoms with van der Waals surface area (Å²) >= 11 is 0. The predicted molar refractivity (Wildman–Crippen MR) is 71.1 cm³/mol. The lowest BCUT2D eigenvalue weighted by molar-refractivity contribution is 0.381. The molecule has 0 aliphatic heterocycles. The molecule has 2 aromatic heterocycles. The van der Waals surface area contributed by atoms with E-state index >= 15 is 0 Å². The number of nitrogens with zero attached hydrogens (tertiary/aromatic N) is 3. The number of anilines is 1. The molecule has 0 aromatic carbocycles. The summed E-state index contributed by atoms with van der Waals surface area (Å²) in [7, 11) is -3.40. The van der Waals surface area contributed by atoms with Crippen molar-refractivity contribution in [1.82, 2.24) is 10.1 Å². The van der Waals surface area contributed by atoms with Gasteiger partial charge in [-0.1, -0.05) is 5.16 Å². The second-order valence-electron chi connectivity index (χ2n) is 4.05. The first-order valence-electron chi connectivity index (χ1n) is 5.85. The minimum absolute atomic E-state index is 0.00894. The fourth-order valence-electron chi connectivity index (χ4n) is 1.64. The lowest BCUT2D eigenvalue weighted by atomic mass is 10.3. The highest BCUT2D eigenvalue weighted by atomic mass is 32.2. The van der Waals surface area contributed by atoms with Crippen LogP contribution in [0.25, 0.3) is 0 Å². The zero-order chi connectivity index (χ0) is 13.9. The first-order valence-corrected chi connectivity index (χ1v) is 7.46. The molecule has 0 N–H and O–H groups in total. The van der Waals surface area contributed by atoms with Gasteiger partial charge in [-0.3, -0.25) is 9.29 Å². The van der Waals surface area contributed by atoms with Gasteiger partial charge in [-0.15, -0.1) is 0 Å². The number of sulfonamides is 1. The predicted octanol–water partition coefficient (Wildman–Crippen LogP) is 1.73. The van der Waals surface area contributed by atoms with E-state index in [9.17, 15) is 8.42 Å². The smallest absolute Gasteiger partial charge is 0.235 e. The molecule has 2 aromatic rings. The summed E-state index contributed by atoms with van der Waals surface area (Å²) in [4.78, 5) is 3.95. The third kappa shape index (κ3) is 3.11.